The topological polar surface area (TPSA) is 104 Å². The summed E-state index contributed by atoms with van der Waals surface area (Å²) < 4.78 is 38.8. The molecule has 0 fully saturated rings. The predicted octanol–water partition coefficient (Wildman–Crippen LogP) is 4.15. The number of hydrogen-bond donors (Lipinski definition) is 3. The molecule has 0 bridgehead atoms. The van der Waals surface area contributed by atoms with E-state index in [4.69, 9.17) is 0 Å². The van der Waals surface area contributed by atoms with Crippen LogP contribution in [0.3, 0.4) is 0 Å². The van der Waals surface area contributed by atoms with E-state index >= 15 is 0 Å². The number of carbonyl (C=O) groups is 2. The van der Waals surface area contributed by atoms with Gasteiger partial charge < -0.3 is 15.6 Å². The van der Waals surface area contributed by atoms with Gasteiger partial charge in [0.05, 0.1) is 17.0 Å². The van der Waals surface area contributed by atoms with Gasteiger partial charge in [-0.2, -0.15) is 13.2 Å². The second-order valence-electron chi connectivity index (χ2n) is 7.28. The van der Waals surface area contributed by atoms with Crippen molar-refractivity contribution in [3.63, 3.8) is 0 Å². The number of alkyl halides is 3. The summed E-state index contributed by atoms with van der Waals surface area (Å²) in [7, 11) is 0. The van der Waals surface area contributed by atoms with Crippen LogP contribution >= 0.6 is 11.8 Å². The van der Waals surface area contributed by atoms with Gasteiger partial charge in [-0.05, 0) is 23.8 Å². The fourth-order valence-electron chi connectivity index (χ4n) is 3.37. The van der Waals surface area contributed by atoms with Gasteiger partial charge >= 0.3 is 6.18 Å². The molecule has 2 heterocycles. The van der Waals surface area contributed by atoms with Crippen LogP contribution in [0.4, 0.5) is 24.7 Å². The first-order chi connectivity index (χ1) is 15.7. The molecule has 11 heteroatoms. The lowest BCUT2D eigenvalue weighted by Crippen LogP contribution is -2.36. The van der Waals surface area contributed by atoms with Crippen LogP contribution in [0.5, 0.6) is 0 Å². The SMILES string of the molecule is O=C1C[C@@H](C(=O)Nc2cccc(C(F)(F)F)c2)c2c(nc(SCc3ccccc3)[nH]c2=O)N1. The Morgan fingerprint density at radius 2 is 1.88 bits per heavy atom. The lowest BCUT2D eigenvalue weighted by Gasteiger charge is -2.23. The van der Waals surface area contributed by atoms with Crippen LogP contribution in [0.15, 0.2) is 64.5 Å². The van der Waals surface area contributed by atoms with Crippen LogP contribution in [0.1, 0.15) is 29.0 Å². The Morgan fingerprint density at radius 3 is 2.61 bits per heavy atom. The van der Waals surface area contributed by atoms with Gasteiger partial charge in [-0.15, -0.1) is 0 Å². The number of aromatic amines is 1. The number of thioether (sulfide) groups is 1. The summed E-state index contributed by atoms with van der Waals surface area (Å²) in [6.45, 7) is 0. The third-order valence-corrected chi connectivity index (χ3v) is 5.87. The molecule has 1 atom stereocenters. The minimum Gasteiger partial charge on any atom is -0.326 e. The number of benzene rings is 2. The average molecular weight is 474 g/mol. The summed E-state index contributed by atoms with van der Waals surface area (Å²) in [4.78, 5) is 44.7. The molecule has 3 aromatic rings. The van der Waals surface area contributed by atoms with E-state index in [0.717, 1.165) is 23.8 Å². The molecule has 0 saturated heterocycles. The van der Waals surface area contributed by atoms with Gasteiger partial charge in [-0.3, -0.25) is 14.4 Å². The van der Waals surface area contributed by atoms with E-state index in [9.17, 15) is 27.6 Å². The van der Waals surface area contributed by atoms with E-state index in [2.05, 4.69) is 20.6 Å². The van der Waals surface area contributed by atoms with Gasteiger partial charge in [0.25, 0.3) is 5.56 Å². The molecule has 170 valence electrons. The van der Waals surface area contributed by atoms with Crippen LogP contribution in [-0.4, -0.2) is 21.8 Å². The van der Waals surface area contributed by atoms with Crippen LogP contribution in [0, 0.1) is 0 Å². The second-order valence-corrected chi connectivity index (χ2v) is 8.24. The van der Waals surface area contributed by atoms with Gasteiger partial charge in [0, 0.05) is 17.9 Å². The molecular weight excluding hydrogens is 457 g/mol. The van der Waals surface area contributed by atoms with Crippen molar-refractivity contribution in [2.24, 2.45) is 0 Å². The first-order valence-electron chi connectivity index (χ1n) is 9.79. The van der Waals surface area contributed by atoms with Crippen molar-refractivity contribution >= 4 is 35.1 Å². The maximum atomic E-state index is 12.9. The molecule has 0 radical (unpaired) electrons. The van der Waals surface area contributed by atoms with Crippen LogP contribution in [0.25, 0.3) is 0 Å². The lowest BCUT2D eigenvalue weighted by molar-refractivity contribution is -0.137. The Morgan fingerprint density at radius 1 is 1.12 bits per heavy atom. The first-order valence-corrected chi connectivity index (χ1v) is 10.8. The number of halogens is 3. The molecule has 1 aromatic heterocycles. The summed E-state index contributed by atoms with van der Waals surface area (Å²) in [6.07, 6.45) is -4.91. The van der Waals surface area contributed by atoms with Gasteiger partial charge in [0.1, 0.15) is 5.82 Å². The maximum Gasteiger partial charge on any atom is 0.416 e. The quantitative estimate of drug-likeness (QED) is 0.381. The first kappa shape index (κ1) is 22.6. The predicted molar refractivity (Wildman–Crippen MR) is 117 cm³/mol. The molecule has 1 aliphatic heterocycles. The summed E-state index contributed by atoms with van der Waals surface area (Å²) >= 11 is 1.25. The number of H-pyrrole nitrogens is 1. The van der Waals surface area contributed by atoms with E-state index in [0.29, 0.717) is 5.75 Å². The Bertz CT molecular complexity index is 1260. The second kappa shape index (κ2) is 9.10. The molecule has 7 nitrogen and oxygen atoms in total. The zero-order valence-electron chi connectivity index (χ0n) is 16.9. The third-order valence-electron chi connectivity index (χ3n) is 4.92. The van der Waals surface area contributed by atoms with Crippen LogP contribution < -0.4 is 16.2 Å². The van der Waals surface area contributed by atoms with Crippen LogP contribution in [-0.2, 0) is 21.5 Å². The van der Waals surface area contributed by atoms with Crippen molar-refractivity contribution in [3.05, 3.63) is 81.6 Å². The number of nitrogens with zero attached hydrogens (tertiary/aromatic N) is 1. The highest BCUT2D eigenvalue weighted by atomic mass is 32.2. The zero-order valence-corrected chi connectivity index (χ0v) is 17.7. The summed E-state index contributed by atoms with van der Waals surface area (Å²) in [6, 6.07) is 13.6. The van der Waals surface area contributed by atoms with Gasteiger partial charge in [-0.1, -0.05) is 48.2 Å². The van der Waals surface area contributed by atoms with Crippen molar-refractivity contribution in [1.29, 1.82) is 0 Å². The summed E-state index contributed by atoms with van der Waals surface area (Å²) in [5.74, 6) is -2.01. The number of aromatic nitrogens is 2. The number of nitrogens with one attached hydrogen (secondary N) is 3. The van der Waals surface area contributed by atoms with Gasteiger partial charge in [-0.25, -0.2) is 4.98 Å². The third kappa shape index (κ3) is 5.25. The Labute approximate surface area is 189 Å². The number of anilines is 2. The Balaban J connectivity index is 1.57. The lowest BCUT2D eigenvalue weighted by atomic mass is 9.92. The molecule has 2 amide bonds. The molecule has 2 aromatic carbocycles. The molecule has 3 N–H and O–H groups in total. The number of carbonyl (C=O) groups excluding carboxylic acids is 2. The molecular formula is C22H17F3N4O3S. The summed E-state index contributed by atoms with van der Waals surface area (Å²) in [5, 5.41) is 5.14. The van der Waals surface area contributed by atoms with Crippen molar-refractivity contribution in [2.75, 3.05) is 10.6 Å². The van der Waals surface area contributed by atoms with Crippen molar-refractivity contribution in [3.8, 4) is 0 Å². The number of rotatable bonds is 5. The van der Waals surface area contributed by atoms with Crippen molar-refractivity contribution in [2.45, 2.75) is 29.4 Å². The zero-order chi connectivity index (χ0) is 23.6. The molecule has 1 aliphatic rings. The highest BCUT2D eigenvalue weighted by molar-refractivity contribution is 7.98. The molecule has 0 aliphatic carbocycles. The largest absolute Gasteiger partial charge is 0.416 e. The monoisotopic (exact) mass is 474 g/mol. The normalized spacial score (nSPS) is 15.5. The fourth-order valence-corrected chi connectivity index (χ4v) is 4.19. The molecule has 0 spiro atoms. The summed E-state index contributed by atoms with van der Waals surface area (Å²) in [5.41, 5.74) is -0.656. The van der Waals surface area contributed by atoms with Crippen molar-refractivity contribution in [1.82, 2.24) is 9.97 Å². The minimum atomic E-state index is -4.58. The number of amides is 2. The van der Waals surface area contributed by atoms with E-state index in [1.807, 2.05) is 30.3 Å². The number of hydrogen-bond acceptors (Lipinski definition) is 5. The smallest absolute Gasteiger partial charge is 0.326 e. The molecule has 0 saturated carbocycles. The van der Waals surface area contributed by atoms with Gasteiger partial charge in [0.15, 0.2) is 5.16 Å². The average Bonchev–Trinajstić information content (AvgIpc) is 2.77. The molecule has 4 rings (SSSR count). The van der Waals surface area contributed by atoms with E-state index in [1.54, 1.807) is 0 Å². The highest BCUT2D eigenvalue weighted by Crippen LogP contribution is 2.33. The van der Waals surface area contributed by atoms with E-state index in [-0.39, 0.29) is 28.6 Å². The maximum absolute atomic E-state index is 12.9. The Hall–Kier alpha value is -3.60. The number of fused-ring (bicyclic) bond motifs is 1. The van der Waals surface area contributed by atoms with E-state index in [1.165, 1.54) is 17.8 Å². The van der Waals surface area contributed by atoms with Crippen molar-refractivity contribution < 1.29 is 22.8 Å². The van der Waals surface area contributed by atoms with Gasteiger partial charge in [0.2, 0.25) is 11.8 Å². The standard InChI is InChI=1S/C22H17F3N4O3S/c23-22(24,25)13-7-4-8-14(9-13)26-19(31)15-10-16(30)27-18-17(15)20(32)29-21(28-18)33-11-12-5-2-1-3-6-12/h1-9,15H,10-11H2,(H,26,31)(H2,27,28,29,30,32)/t15-/m1/s1. The Kier molecular flexibility index (Phi) is 6.23. The molecule has 33 heavy (non-hydrogen) atoms. The molecule has 0 unspecified atom stereocenters. The minimum absolute atomic E-state index is 0.0326. The fraction of sp³-hybridized carbons (Fsp3) is 0.182. The van der Waals surface area contributed by atoms with Crippen LogP contribution in [0.2, 0.25) is 0 Å². The van der Waals surface area contributed by atoms with E-state index < -0.39 is 35.0 Å². The highest BCUT2D eigenvalue weighted by Gasteiger charge is 2.35.